The molecule has 1 N–H and O–H groups in total. The summed E-state index contributed by atoms with van der Waals surface area (Å²) in [4.78, 5) is 2.69. The lowest BCUT2D eigenvalue weighted by molar-refractivity contribution is -0.00220. The lowest BCUT2D eigenvalue weighted by Gasteiger charge is -2.50. The van der Waals surface area contributed by atoms with Gasteiger partial charge in [0.05, 0.1) is 0 Å². The Labute approximate surface area is 93.4 Å². The lowest BCUT2D eigenvalue weighted by Crippen LogP contribution is -2.58. The molecule has 0 amide bonds. The summed E-state index contributed by atoms with van der Waals surface area (Å²) in [7, 11) is 0. The number of nitrogens with one attached hydrogen (secondary N) is 1. The minimum Gasteiger partial charge on any atom is -0.313 e. The normalized spacial score (nSPS) is 35.6. The third-order valence-corrected chi connectivity index (χ3v) is 4.67. The topological polar surface area (TPSA) is 15.3 Å². The summed E-state index contributed by atoms with van der Waals surface area (Å²) in [6.07, 6.45) is 10.3. The van der Waals surface area contributed by atoms with Crippen molar-refractivity contribution in [2.75, 3.05) is 26.2 Å². The molecule has 0 aromatic rings. The standard InChI is InChI=1S/C13H24N2/c1-4-8-14-12(5-1)9-15-10-13(11-15)6-2-3-7-13/h12,14H,1-11H2. The van der Waals surface area contributed by atoms with E-state index < -0.39 is 0 Å². The number of piperidine rings is 1. The Morgan fingerprint density at radius 2 is 1.87 bits per heavy atom. The first kappa shape index (κ1) is 10.1. The van der Waals surface area contributed by atoms with Gasteiger partial charge in [-0.1, -0.05) is 19.3 Å². The number of rotatable bonds is 2. The highest BCUT2D eigenvalue weighted by Crippen LogP contribution is 2.45. The average Bonchev–Trinajstić information content (AvgIpc) is 2.68. The van der Waals surface area contributed by atoms with Crippen LogP contribution in [0, 0.1) is 5.41 Å². The largest absolute Gasteiger partial charge is 0.313 e. The molecule has 1 unspecified atom stereocenters. The van der Waals surface area contributed by atoms with Crippen molar-refractivity contribution < 1.29 is 0 Å². The zero-order valence-electron chi connectivity index (χ0n) is 9.80. The number of hydrogen-bond donors (Lipinski definition) is 1. The maximum Gasteiger partial charge on any atom is 0.0195 e. The first-order valence-electron chi connectivity index (χ1n) is 6.82. The Kier molecular flexibility index (Phi) is 2.73. The van der Waals surface area contributed by atoms with E-state index in [4.69, 9.17) is 0 Å². The fraction of sp³-hybridized carbons (Fsp3) is 1.00. The highest BCUT2D eigenvalue weighted by atomic mass is 15.2. The maximum atomic E-state index is 3.66. The second-order valence-electron chi connectivity index (χ2n) is 6.02. The third kappa shape index (κ3) is 2.07. The van der Waals surface area contributed by atoms with E-state index in [9.17, 15) is 0 Å². The minimum atomic E-state index is 0.786. The second kappa shape index (κ2) is 4.06. The molecule has 86 valence electrons. The first-order valence-corrected chi connectivity index (χ1v) is 6.82. The van der Waals surface area contributed by atoms with E-state index in [0.717, 1.165) is 11.5 Å². The monoisotopic (exact) mass is 208 g/mol. The molecule has 3 fully saturated rings. The molecule has 2 heteroatoms. The van der Waals surface area contributed by atoms with Gasteiger partial charge >= 0.3 is 0 Å². The van der Waals surface area contributed by atoms with Gasteiger partial charge in [-0.25, -0.2) is 0 Å². The van der Waals surface area contributed by atoms with Crippen LogP contribution in [0.15, 0.2) is 0 Å². The van der Waals surface area contributed by atoms with Crippen molar-refractivity contribution in [2.45, 2.75) is 51.0 Å². The van der Waals surface area contributed by atoms with Gasteiger partial charge in [0.2, 0.25) is 0 Å². The van der Waals surface area contributed by atoms with Crippen LogP contribution in [0.3, 0.4) is 0 Å². The molecule has 1 spiro atoms. The summed E-state index contributed by atoms with van der Waals surface area (Å²) >= 11 is 0. The molecule has 2 aliphatic heterocycles. The van der Waals surface area contributed by atoms with Crippen LogP contribution in [-0.4, -0.2) is 37.1 Å². The number of nitrogens with zero attached hydrogens (tertiary/aromatic N) is 1. The van der Waals surface area contributed by atoms with Crippen molar-refractivity contribution in [3.63, 3.8) is 0 Å². The Bertz CT molecular complexity index is 207. The van der Waals surface area contributed by atoms with Gasteiger partial charge in [-0.05, 0) is 37.6 Å². The zero-order chi connectivity index (χ0) is 10.1. The van der Waals surface area contributed by atoms with Gasteiger partial charge in [0, 0.05) is 25.7 Å². The van der Waals surface area contributed by atoms with E-state index in [2.05, 4.69) is 10.2 Å². The Hall–Kier alpha value is -0.0800. The van der Waals surface area contributed by atoms with E-state index in [1.54, 1.807) is 0 Å². The van der Waals surface area contributed by atoms with Crippen LogP contribution >= 0.6 is 0 Å². The van der Waals surface area contributed by atoms with Crippen LogP contribution in [0.5, 0.6) is 0 Å². The molecule has 15 heavy (non-hydrogen) atoms. The van der Waals surface area contributed by atoms with Crippen molar-refractivity contribution in [2.24, 2.45) is 5.41 Å². The van der Waals surface area contributed by atoms with Crippen LogP contribution in [0.1, 0.15) is 44.9 Å². The molecule has 0 aromatic heterocycles. The fourth-order valence-electron chi connectivity index (χ4n) is 3.86. The highest BCUT2D eigenvalue weighted by Gasteiger charge is 2.44. The molecule has 2 saturated heterocycles. The molecule has 2 heterocycles. The van der Waals surface area contributed by atoms with Crippen molar-refractivity contribution in [3.8, 4) is 0 Å². The summed E-state index contributed by atoms with van der Waals surface area (Å²) in [5.41, 5.74) is 0.786. The summed E-state index contributed by atoms with van der Waals surface area (Å²) < 4.78 is 0. The SMILES string of the molecule is C1CCC(CN2CC3(CCCC3)C2)NC1. The predicted octanol–water partition coefficient (Wildman–Crippen LogP) is 2.00. The molecule has 0 radical (unpaired) electrons. The van der Waals surface area contributed by atoms with Gasteiger partial charge in [0.1, 0.15) is 0 Å². The molecule has 3 rings (SSSR count). The van der Waals surface area contributed by atoms with E-state index >= 15 is 0 Å². The average molecular weight is 208 g/mol. The van der Waals surface area contributed by atoms with E-state index in [1.165, 1.54) is 71.1 Å². The van der Waals surface area contributed by atoms with E-state index in [0.29, 0.717) is 0 Å². The molecule has 1 saturated carbocycles. The molecule has 1 atom stereocenters. The van der Waals surface area contributed by atoms with Crippen molar-refractivity contribution in [1.29, 1.82) is 0 Å². The van der Waals surface area contributed by atoms with Crippen LogP contribution < -0.4 is 5.32 Å². The molecule has 2 nitrogen and oxygen atoms in total. The van der Waals surface area contributed by atoms with Crippen molar-refractivity contribution in [3.05, 3.63) is 0 Å². The van der Waals surface area contributed by atoms with Crippen LogP contribution in [0.4, 0.5) is 0 Å². The first-order chi connectivity index (χ1) is 7.36. The summed E-state index contributed by atoms with van der Waals surface area (Å²) in [6.45, 7) is 5.39. The summed E-state index contributed by atoms with van der Waals surface area (Å²) in [5, 5.41) is 3.66. The third-order valence-electron chi connectivity index (χ3n) is 4.67. The second-order valence-corrected chi connectivity index (χ2v) is 6.02. The van der Waals surface area contributed by atoms with Crippen molar-refractivity contribution >= 4 is 0 Å². The zero-order valence-corrected chi connectivity index (χ0v) is 9.80. The van der Waals surface area contributed by atoms with Crippen molar-refractivity contribution in [1.82, 2.24) is 10.2 Å². The fourth-order valence-corrected chi connectivity index (χ4v) is 3.86. The van der Waals surface area contributed by atoms with Gasteiger partial charge in [0.25, 0.3) is 0 Å². The Balaban J connectivity index is 1.43. The predicted molar refractivity (Wildman–Crippen MR) is 63.0 cm³/mol. The van der Waals surface area contributed by atoms with Gasteiger partial charge in [-0.15, -0.1) is 0 Å². The lowest BCUT2D eigenvalue weighted by atomic mass is 9.78. The smallest absolute Gasteiger partial charge is 0.0195 e. The molecular formula is C13H24N2. The summed E-state index contributed by atoms with van der Waals surface area (Å²) in [6, 6.07) is 0.803. The molecule has 1 aliphatic carbocycles. The molecule has 0 bridgehead atoms. The van der Waals surface area contributed by atoms with Gasteiger partial charge in [-0.2, -0.15) is 0 Å². The highest BCUT2D eigenvalue weighted by molar-refractivity contribution is 4.98. The number of hydrogen-bond acceptors (Lipinski definition) is 2. The van der Waals surface area contributed by atoms with Gasteiger partial charge in [0.15, 0.2) is 0 Å². The van der Waals surface area contributed by atoms with Crippen LogP contribution in [-0.2, 0) is 0 Å². The molecule has 0 aromatic carbocycles. The van der Waals surface area contributed by atoms with E-state index in [1.807, 2.05) is 0 Å². The Morgan fingerprint density at radius 1 is 1.07 bits per heavy atom. The molecule has 3 aliphatic rings. The quantitative estimate of drug-likeness (QED) is 0.747. The van der Waals surface area contributed by atoms with Gasteiger partial charge in [-0.3, -0.25) is 0 Å². The minimum absolute atomic E-state index is 0.786. The Morgan fingerprint density at radius 3 is 2.53 bits per heavy atom. The number of likely N-dealkylation sites (tertiary alicyclic amines) is 1. The summed E-state index contributed by atoms with van der Waals surface area (Å²) in [5.74, 6) is 0. The van der Waals surface area contributed by atoms with E-state index in [-0.39, 0.29) is 0 Å². The van der Waals surface area contributed by atoms with Crippen LogP contribution in [0.25, 0.3) is 0 Å². The molecular weight excluding hydrogens is 184 g/mol. The van der Waals surface area contributed by atoms with Crippen LogP contribution in [0.2, 0.25) is 0 Å². The van der Waals surface area contributed by atoms with Gasteiger partial charge < -0.3 is 10.2 Å². The maximum absolute atomic E-state index is 3.66.